The van der Waals surface area contributed by atoms with E-state index in [1.807, 2.05) is 11.0 Å². The van der Waals surface area contributed by atoms with Crippen molar-refractivity contribution in [2.45, 2.75) is 32.8 Å². The summed E-state index contributed by atoms with van der Waals surface area (Å²) in [5.74, 6) is 0.499. The van der Waals surface area contributed by atoms with Crippen molar-refractivity contribution in [1.29, 1.82) is 0 Å². The Morgan fingerprint density at radius 1 is 1.62 bits per heavy atom. The van der Waals surface area contributed by atoms with Gasteiger partial charge in [-0.15, -0.1) is 11.3 Å². The van der Waals surface area contributed by atoms with Crippen LogP contribution in [0.15, 0.2) is 15.5 Å². The number of methoxy groups -OCH3 is 1. The lowest BCUT2D eigenvalue weighted by Crippen LogP contribution is -2.21. The molecule has 0 aliphatic rings. The fourth-order valence-corrected chi connectivity index (χ4v) is 2.63. The zero-order valence-electron chi connectivity index (χ0n) is 9.94. The summed E-state index contributed by atoms with van der Waals surface area (Å²) < 4.78 is 7.56. The fraction of sp³-hybridized carbons (Fsp3) is 0.583. The molecule has 0 saturated carbocycles. The molecule has 1 unspecified atom stereocenters. The third-order valence-corrected chi connectivity index (χ3v) is 3.92. The van der Waals surface area contributed by atoms with Gasteiger partial charge >= 0.3 is 0 Å². The summed E-state index contributed by atoms with van der Waals surface area (Å²) >= 11 is 3.96. The smallest absolute Gasteiger partial charge is 0.0897 e. The van der Waals surface area contributed by atoms with E-state index >= 15 is 0 Å². The highest BCUT2D eigenvalue weighted by molar-refractivity contribution is 14.1. The number of nitrogens with zero attached hydrogens (tertiary/aromatic N) is 1. The summed E-state index contributed by atoms with van der Waals surface area (Å²) in [6.45, 7) is 4.27. The summed E-state index contributed by atoms with van der Waals surface area (Å²) in [6, 6.07) is 0. The number of halogens is 1. The Hall–Kier alpha value is 0.0600. The Balaban J connectivity index is 2.51. The monoisotopic (exact) mass is 351 g/mol. The van der Waals surface area contributed by atoms with Crippen LogP contribution in [0.5, 0.6) is 0 Å². The van der Waals surface area contributed by atoms with Crippen molar-refractivity contribution in [3.05, 3.63) is 26.2 Å². The van der Waals surface area contributed by atoms with Crippen LogP contribution in [0.3, 0.4) is 0 Å². The summed E-state index contributed by atoms with van der Waals surface area (Å²) in [5.41, 5.74) is 1.19. The maximum Gasteiger partial charge on any atom is 0.0897 e. The van der Waals surface area contributed by atoms with E-state index < -0.39 is 0 Å². The summed E-state index contributed by atoms with van der Waals surface area (Å²) in [4.78, 5) is 4.49. The van der Waals surface area contributed by atoms with Crippen LogP contribution < -0.4 is 0 Å². The van der Waals surface area contributed by atoms with Crippen molar-refractivity contribution in [2.24, 2.45) is 5.92 Å². The van der Waals surface area contributed by atoms with E-state index in [1.165, 1.54) is 5.69 Å². The van der Waals surface area contributed by atoms with Gasteiger partial charge in [0.2, 0.25) is 0 Å². The van der Waals surface area contributed by atoms with Crippen LogP contribution in [0.2, 0.25) is 0 Å². The molecule has 0 radical (unpaired) electrons. The topological polar surface area (TPSA) is 22.1 Å². The van der Waals surface area contributed by atoms with Crippen LogP contribution in [0.1, 0.15) is 24.0 Å². The number of thiazole rings is 1. The third-order valence-electron chi connectivity index (χ3n) is 2.59. The first-order valence-corrected chi connectivity index (χ1v) is 7.49. The molecule has 0 bridgehead atoms. The highest BCUT2D eigenvalue weighted by Gasteiger charge is 2.16. The zero-order valence-corrected chi connectivity index (χ0v) is 12.9. The van der Waals surface area contributed by atoms with Gasteiger partial charge in [-0.05, 0) is 29.8 Å². The van der Waals surface area contributed by atoms with E-state index in [-0.39, 0.29) is 6.10 Å². The molecular formula is C12H18INOS. The second-order valence-electron chi connectivity index (χ2n) is 3.91. The molecule has 0 amide bonds. The molecule has 1 aromatic rings. The lowest BCUT2D eigenvalue weighted by Gasteiger charge is -2.20. The average Bonchev–Trinajstić information content (AvgIpc) is 2.65. The first-order chi connectivity index (χ1) is 7.67. The largest absolute Gasteiger partial charge is 0.381 e. The van der Waals surface area contributed by atoms with Gasteiger partial charge in [0, 0.05) is 12.5 Å². The maximum atomic E-state index is 5.51. The third kappa shape index (κ3) is 4.51. The van der Waals surface area contributed by atoms with E-state index in [9.17, 15) is 0 Å². The van der Waals surface area contributed by atoms with Gasteiger partial charge in [-0.1, -0.05) is 35.6 Å². The number of ether oxygens (including phenoxy) is 1. The van der Waals surface area contributed by atoms with Crippen LogP contribution in [-0.4, -0.2) is 18.2 Å². The highest BCUT2D eigenvalue weighted by Crippen LogP contribution is 2.19. The van der Waals surface area contributed by atoms with E-state index in [1.54, 1.807) is 18.4 Å². The predicted octanol–water partition coefficient (Wildman–Crippen LogP) is 3.98. The number of hydrogen-bond acceptors (Lipinski definition) is 3. The molecule has 0 saturated heterocycles. The minimum atomic E-state index is 0.285. The van der Waals surface area contributed by atoms with Crippen LogP contribution in [0.25, 0.3) is 0 Å². The van der Waals surface area contributed by atoms with Gasteiger partial charge in [0.15, 0.2) is 0 Å². The summed E-state index contributed by atoms with van der Waals surface area (Å²) in [5, 5.41) is 3.29. The van der Waals surface area contributed by atoms with Crippen LogP contribution in [0.4, 0.5) is 0 Å². The Morgan fingerprint density at radius 2 is 2.38 bits per heavy atom. The second-order valence-corrected chi connectivity index (χ2v) is 5.69. The molecule has 2 nitrogen and oxygen atoms in total. The number of aryl methyl sites for hydroxylation is 1. The molecule has 4 heteroatoms. The molecule has 1 rings (SSSR count). The van der Waals surface area contributed by atoms with Gasteiger partial charge in [-0.2, -0.15) is 0 Å². The molecule has 1 aromatic heterocycles. The summed E-state index contributed by atoms with van der Waals surface area (Å²) in [6.07, 6.45) is 4.41. The normalized spacial score (nSPS) is 15.5. The van der Waals surface area contributed by atoms with Crippen molar-refractivity contribution < 1.29 is 4.74 Å². The van der Waals surface area contributed by atoms with Crippen molar-refractivity contribution in [3.63, 3.8) is 0 Å². The molecule has 0 aromatic carbocycles. The Bertz CT molecular complexity index is 338. The first-order valence-electron chi connectivity index (χ1n) is 5.36. The molecule has 1 heterocycles. The van der Waals surface area contributed by atoms with Gasteiger partial charge < -0.3 is 4.74 Å². The van der Waals surface area contributed by atoms with Gasteiger partial charge in [-0.3, -0.25) is 0 Å². The zero-order chi connectivity index (χ0) is 12.0. The Kier molecular flexibility index (Phi) is 6.53. The Morgan fingerprint density at radius 3 is 2.88 bits per heavy atom. The van der Waals surface area contributed by atoms with Gasteiger partial charge in [0.05, 0.1) is 16.8 Å². The van der Waals surface area contributed by atoms with Gasteiger partial charge in [0.1, 0.15) is 0 Å². The quantitative estimate of drug-likeness (QED) is 0.723. The van der Waals surface area contributed by atoms with E-state index in [0.717, 1.165) is 17.8 Å². The van der Waals surface area contributed by atoms with E-state index in [4.69, 9.17) is 4.74 Å². The van der Waals surface area contributed by atoms with Crippen molar-refractivity contribution in [1.82, 2.24) is 4.98 Å². The van der Waals surface area contributed by atoms with Crippen LogP contribution in [0, 0.1) is 12.8 Å². The van der Waals surface area contributed by atoms with Crippen molar-refractivity contribution in [3.8, 4) is 0 Å². The SMILES string of the molecule is CO[C@@H](CC=CI)C(C)Cc1csc(C)n1. The molecule has 0 N–H and O–H groups in total. The molecule has 0 aliphatic carbocycles. The maximum absolute atomic E-state index is 5.51. The van der Waals surface area contributed by atoms with Crippen LogP contribution in [-0.2, 0) is 11.2 Å². The standard InChI is InChI=1S/C12H18INOS/c1-9(12(15-3)5-4-6-13)7-11-8-16-10(2)14-11/h4,6,8-9,12H,5,7H2,1-3H3/t9?,12-/m0/s1. The molecule has 2 atom stereocenters. The molecule has 0 fully saturated rings. The minimum Gasteiger partial charge on any atom is -0.381 e. The molecule has 90 valence electrons. The number of rotatable bonds is 6. The second kappa shape index (κ2) is 7.40. The number of aromatic nitrogens is 1. The van der Waals surface area contributed by atoms with Crippen LogP contribution >= 0.6 is 33.9 Å². The lowest BCUT2D eigenvalue weighted by molar-refractivity contribution is 0.0608. The molecule has 0 spiro atoms. The number of hydrogen-bond donors (Lipinski definition) is 0. The summed E-state index contributed by atoms with van der Waals surface area (Å²) in [7, 11) is 1.79. The Labute approximate surface area is 115 Å². The molecular weight excluding hydrogens is 333 g/mol. The highest BCUT2D eigenvalue weighted by atomic mass is 127. The van der Waals surface area contributed by atoms with E-state index in [2.05, 4.69) is 46.0 Å². The van der Waals surface area contributed by atoms with Crippen molar-refractivity contribution in [2.75, 3.05) is 7.11 Å². The van der Waals surface area contributed by atoms with Crippen molar-refractivity contribution >= 4 is 33.9 Å². The molecule has 16 heavy (non-hydrogen) atoms. The average molecular weight is 351 g/mol. The van der Waals surface area contributed by atoms with Gasteiger partial charge in [-0.25, -0.2) is 4.98 Å². The van der Waals surface area contributed by atoms with E-state index in [0.29, 0.717) is 5.92 Å². The van der Waals surface area contributed by atoms with Gasteiger partial charge in [0.25, 0.3) is 0 Å². The lowest BCUT2D eigenvalue weighted by atomic mass is 9.97. The minimum absolute atomic E-state index is 0.285. The first kappa shape index (κ1) is 14.1. The predicted molar refractivity (Wildman–Crippen MR) is 78.3 cm³/mol. The fourth-order valence-electron chi connectivity index (χ4n) is 1.71. The molecule has 0 aliphatic heterocycles.